The molecule has 1 saturated heterocycles. The Balaban J connectivity index is 1.25. The minimum atomic E-state index is -0.582. The average Bonchev–Trinajstić information content (AvgIpc) is 3.81. The van der Waals surface area contributed by atoms with Gasteiger partial charge in [0.1, 0.15) is 29.7 Å². The molecule has 2 aliphatic heterocycles. The summed E-state index contributed by atoms with van der Waals surface area (Å²) < 4.78 is 51.7. The topological polar surface area (TPSA) is 86.9 Å². The Morgan fingerprint density at radius 1 is 0.957 bits per heavy atom. The van der Waals surface area contributed by atoms with Crippen LogP contribution in [-0.4, -0.2) is 36.9 Å². The van der Waals surface area contributed by atoms with E-state index in [9.17, 15) is 13.6 Å². The van der Waals surface area contributed by atoms with E-state index < -0.39 is 11.6 Å². The van der Waals surface area contributed by atoms with Gasteiger partial charge in [0.25, 0.3) is 0 Å². The summed E-state index contributed by atoms with van der Waals surface area (Å²) in [6.07, 6.45) is 1.08. The maximum absolute atomic E-state index is 14.4. The van der Waals surface area contributed by atoms with E-state index in [1.54, 1.807) is 9.58 Å². The average molecular weight is 661 g/mol. The lowest BCUT2D eigenvalue weighted by molar-refractivity contribution is 0.174. The van der Waals surface area contributed by atoms with Crippen molar-refractivity contribution in [3.63, 3.8) is 0 Å². The van der Waals surface area contributed by atoms with Gasteiger partial charge in [0.05, 0.1) is 30.0 Å². The molecule has 9 nitrogen and oxygen atoms in total. The highest BCUT2D eigenvalue weighted by Crippen LogP contribution is 2.33. The molecule has 1 amide bonds. The van der Waals surface area contributed by atoms with E-state index in [0.717, 1.165) is 11.1 Å². The van der Waals surface area contributed by atoms with E-state index in [-0.39, 0.29) is 29.4 Å². The van der Waals surface area contributed by atoms with Gasteiger partial charge < -0.3 is 18.9 Å². The van der Waals surface area contributed by atoms with Gasteiger partial charge in [-0.1, -0.05) is 29.8 Å². The molecule has 2 aliphatic rings. The van der Waals surface area contributed by atoms with Gasteiger partial charge in [0, 0.05) is 28.3 Å². The first-order valence-corrected chi connectivity index (χ1v) is 15.3. The third-order valence-corrected chi connectivity index (χ3v) is 8.30. The van der Waals surface area contributed by atoms with Crippen molar-refractivity contribution in [2.24, 2.45) is 10.1 Å². The van der Waals surface area contributed by atoms with Crippen LogP contribution < -0.4 is 23.9 Å². The predicted molar refractivity (Wildman–Crippen MR) is 169 cm³/mol. The number of ether oxygens (including phenoxy) is 4. The van der Waals surface area contributed by atoms with Crippen LogP contribution in [0.4, 0.5) is 19.3 Å². The van der Waals surface area contributed by atoms with Gasteiger partial charge in [-0.2, -0.15) is 5.10 Å². The molecule has 0 spiro atoms. The first-order valence-electron chi connectivity index (χ1n) is 14.0. The van der Waals surface area contributed by atoms with Crippen molar-refractivity contribution >= 4 is 40.9 Å². The van der Waals surface area contributed by atoms with Crippen LogP contribution in [0.5, 0.6) is 23.0 Å². The second-order valence-corrected chi connectivity index (χ2v) is 11.4. The zero-order chi connectivity index (χ0) is 31.6. The summed E-state index contributed by atoms with van der Waals surface area (Å²) in [5, 5.41) is 6.53. The Morgan fingerprint density at radius 2 is 1.80 bits per heavy atom. The molecule has 232 valence electrons. The molecule has 0 atom stereocenters. The SMILES string of the molecule is O=C1OCCN1c1ccc(-c2csc(=NCc3ccc4c(c3)OCO4)n2/N=C/c2cc(F)ccc2Oc2ccc(F)c(Cl)c2)cc1. The maximum atomic E-state index is 14.4. The van der Waals surface area contributed by atoms with Crippen LogP contribution in [0.1, 0.15) is 11.1 Å². The largest absolute Gasteiger partial charge is 0.457 e. The minimum absolute atomic E-state index is 0.102. The van der Waals surface area contributed by atoms with E-state index in [1.165, 1.54) is 53.9 Å². The minimum Gasteiger partial charge on any atom is -0.457 e. The molecule has 7 rings (SSSR count). The summed E-state index contributed by atoms with van der Waals surface area (Å²) in [4.78, 5) is 19.0. The van der Waals surface area contributed by atoms with Gasteiger partial charge in [0.15, 0.2) is 11.5 Å². The van der Waals surface area contributed by atoms with Crippen LogP contribution in [0.3, 0.4) is 0 Å². The molecule has 4 aromatic carbocycles. The molecule has 3 heterocycles. The van der Waals surface area contributed by atoms with E-state index in [2.05, 4.69) is 0 Å². The number of aromatic nitrogens is 1. The molecule has 0 aliphatic carbocycles. The number of carbonyl (C=O) groups is 1. The number of thiazole rings is 1. The highest BCUT2D eigenvalue weighted by Gasteiger charge is 2.23. The van der Waals surface area contributed by atoms with E-state index in [1.807, 2.05) is 47.8 Å². The van der Waals surface area contributed by atoms with Crippen LogP contribution in [0.15, 0.2) is 94.3 Å². The molecule has 0 N–H and O–H groups in total. The zero-order valence-corrected chi connectivity index (χ0v) is 25.4. The van der Waals surface area contributed by atoms with Crippen molar-refractivity contribution < 1.29 is 32.5 Å². The molecule has 46 heavy (non-hydrogen) atoms. The number of amides is 1. The van der Waals surface area contributed by atoms with Crippen LogP contribution in [0.25, 0.3) is 11.3 Å². The van der Waals surface area contributed by atoms with E-state index in [4.69, 9.17) is 40.6 Å². The van der Waals surface area contributed by atoms with Crippen molar-refractivity contribution in [1.29, 1.82) is 0 Å². The first-order chi connectivity index (χ1) is 22.4. The monoisotopic (exact) mass is 660 g/mol. The fraction of sp³-hybridized carbons (Fsp3) is 0.121. The highest BCUT2D eigenvalue weighted by molar-refractivity contribution is 7.07. The van der Waals surface area contributed by atoms with Crippen molar-refractivity contribution in [2.45, 2.75) is 6.54 Å². The van der Waals surface area contributed by atoms with Crippen molar-refractivity contribution in [3.05, 3.63) is 117 Å². The number of anilines is 1. The number of rotatable bonds is 8. The Labute approximate surface area is 270 Å². The van der Waals surface area contributed by atoms with Gasteiger partial charge in [0.2, 0.25) is 11.6 Å². The van der Waals surface area contributed by atoms with Gasteiger partial charge in [-0.05, 0) is 60.2 Å². The Kier molecular flexibility index (Phi) is 8.12. The van der Waals surface area contributed by atoms with Crippen LogP contribution in [-0.2, 0) is 11.3 Å². The quantitative estimate of drug-likeness (QED) is 0.160. The smallest absolute Gasteiger partial charge is 0.414 e. The molecule has 5 aromatic rings. The molecule has 0 unspecified atom stereocenters. The number of halogens is 3. The highest BCUT2D eigenvalue weighted by atomic mass is 35.5. The fourth-order valence-corrected chi connectivity index (χ4v) is 5.86. The van der Waals surface area contributed by atoms with Gasteiger partial charge in [-0.3, -0.25) is 9.89 Å². The first kappa shape index (κ1) is 29.5. The third kappa shape index (κ3) is 6.17. The number of cyclic esters (lactones) is 1. The van der Waals surface area contributed by atoms with Gasteiger partial charge >= 0.3 is 6.09 Å². The normalized spacial score (nSPS) is 14.4. The molecule has 0 radical (unpaired) electrons. The molecule has 0 saturated carbocycles. The summed E-state index contributed by atoms with van der Waals surface area (Å²) in [5.41, 5.74) is 3.48. The number of fused-ring (bicyclic) bond motifs is 1. The van der Waals surface area contributed by atoms with Crippen molar-refractivity contribution in [2.75, 3.05) is 24.8 Å². The Morgan fingerprint density at radius 3 is 2.61 bits per heavy atom. The lowest BCUT2D eigenvalue weighted by Crippen LogP contribution is -2.23. The zero-order valence-electron chi connectivity index (χ0n) is 23.9. The summed E-state index contributed by atoms with van der Waals surface area (Å²) in [7, 11) is 0. The number of hydrogen-bond donors (Lipinski definition) is 0. The summed E-state index contributed by atoms with van der Waals surface area (Å²) in [6.45, 7) is 1.33. The standard InChI is InChI=1S/C33H23ClF2N4O5S/c34-26-15-25(7-8-27(26)36)45-29-10-4-23(35)14-22(29)17-38-40-28(21-2-5-24(6-3-21)39-11-12-42-33(39)41)18-46-32(40)37-16-20-1-9-30-31(13-20)44-19-43-30/h1-10,13-15,17-18H,11-12,16,19H2/b37-32?,38-17+. The number of nitrogens with zero attached hydrogens (tertiary/aromatic N) is 4. The van der Waals surface area contributed by atoms with Crippen LogP contribution in [0.2, 0.25) is 5.02 Å². The van der Waals surface area contributed by atoms with E-state index in [0.29, 0.717) is 52.9 Å². The van der Waals surface area contributed by atoms with Crippen molar-refractivity contribution in [3.8, 4) is 34.3 Å². The second-order valence-electron chi connectivity index (χ2n) is 10.1. The Bertz CT molecular complexity index is 2050. The van der Waals surface area contributed by atoms with Gasteiger partial charge in [-0.15, -0.1) is 11.3 Å². The van der Waals surface area contributed by atoms with E-state index >= 15 is 0 Å². The summed E-state index contributed by atoms with van der Waals surface area (Å²) >= 11 is 7.31. The summed E-state index contributed by atoms with van der Waals surface area (Å²) in [5.74, 6) is 0.827. The molecule has 0 bridgehead atoms. The number of benzene rings is 4. The number of carbonyl (C=O) groups excluding carboxylic acids is 1. The predicted octanol–water partition coefficient (Wildman–Crippen LogP) is 7.61. The number of hydrogen-bond acceptors (Lipinski definition) is 8. The Hall–Kier alpha value is -5.20. The van der Waals surface area contributed by atoms with Gasteiger partial charge in [-0.25, -0.2) is 18.3 Å². The molecule has 13 heteroatoms. The molecular weight excluding hydrogens is 638 g/mol. The molecular formula is C33H23ClF2N4O5S. The lowest BCUT2D eigenvalue weighted by Gasteiger charge is -2.13. The molecule has 1 fully saturated rings. The summed E-state index contributed by atoms with van der Waals surface area (Å²) in [6, 6.07) is 21.0. The fourth-order valence-electron chi connectivity index (χ4n) is 4.86. The maximum Gasteiger partial charge on any atom is 0.414 e. The van der Waals surface area contributed by atoms with Crippen molar-refractivity contribution in [1.82, 2.24) is 4.68 Å². The lowest BCUT2D eigenvalue weighted by atomic mass is 10.1. The second kappa shape index (κ2) is 12.7. The molecule has 1 aromatic heterocycles. The third-order valence-electron chi connectivity index (χ3n) is 7.16. The van der Waals surface area contributed by atoms with Crippen LogP contribution >= 0.6 is 22.9 Å². The van der Waals surface area contributed by atoms with Crippen LogP contribution in [0, 0.1) is 11.6 Å².